The second-order valence-electron chi connectivity index (χ2n) is 4.60. The number of hydrogen-bond acceptors (Lipinski definition) is 6. The molecule has 0 bridgehead atoms. The molecule has 0 heterocycles. The Kier molecular flexibility index (Phi) is 6.16. The molecule has 7 nitrogen and oxygen atoms in total. The van der Waals surface area contributed by atoms with Crippen LogP contribution in [-0.4, -0.2) is 34.8 Å². The molecule has 0 aliphatic carbocycles. The summed E-state index contributed by atoms with van der Waals surface area (Å²) in [5.41, 5.74) is 0. The lowest BCUT2D eigenvalue weighted by atomic mass is 10.3. The van der Waals surface area contributed by atoms with Crippen LogP contribution in [0.1, 0.15) is 0 Å². The highest BCUT2D eigenvalue weighted by molar-refractivity contribution is 7.90. The Labute approximate surface area is 140 Å². The summed E-state index contributed by atoms with van der Waals surface area (Å²) < 4.78 is 41.7. The molecule has 8 heteroatoms. The Balaban J connectivity index is 2.11. The van der Waals surface area contributed by atoms with E-state index in [1.165, 1.54) is 37.4 Å². The summed E-state index contributed by atoms with van der Waals surface area (Å²) in [7, 11) is -2.63. The topological polar surface area (TPSA) is 90.9 Å². The van der Waals surface area contributed by atoms with Crippen LogP contribution in [0.3, 0.4) is 0 Å². The molecular formula is C16H17NO6S. The zero-order valence-corrected chi connectivity index (χ0v) is 13.8. The van der Waals surface area contributed by atoms with Crippen LogP contribution < -0.4 is 14.2 Å². The predicted molar refractivity (Wildman–Crippen MR) is 86.6 cm³/mol. The Bertz CT molecular complexity index is 776. The molecule has 2 aromatic carbocycles. The Morgan fingerprint density at radius 3 is 2.38 bits per heavy atom. The van der Waals surface area contributed by atoms with Gasteiger partial charge in [-0.05, 0) is 24.3 Å². The van der Waals surface area contributed by atoms with Crippen LogP contribution in [0.15, 0.2) is 59.5 Å². The van der Waals surface area contributed by atoms with E-state index < -0.39 is 16.1 Å². The number of hydrogen-bond donors (Lipinski definition) is 1. The summed E-state index contributed by atoms with van der Waals surface area (Å²) in [5, 5.41) is 0. The average molecular weight is 351 g/mol. The van der Waals surface area contributed by atoms with Crippen LogP contribution in [0.2, 0.25) is 0 Å². The molecule has 0 unspecified atom stereocenters. The number of para-hydroxylation sites is 2. The number of nitrogens with one attached hydrogen (secondary N) is 1. The van der Waals surface area contributed by atoms with E-state index in [2.05, 4.69) is 0 Å². The lowest BCUT2D eigenvalue weighted by molar-refractivity contribution is 0.144. The van der Waals surface area contributed by atoms with Crippen LogP contribution >= 0.6 is 0 Å². The third-order valence-corrected chi connectivity index (χ3v) is 4.21. The van der Waals surface area contributed by atoms with Gasteiger partial charge in [0.05, 0.1) is 6.61 Å². The van der Waals surface area contributed by atoms with Crippen molar-refractivity contribution in [3.05, 3.63) is 54.6 Å². The van der Waals surface area contributed by atoms with E-state index in [-0.39, 0.29) is 23.0 Å². The van der Waals surface area contributed by atoms with E-state index in [9.17, 15) is 13.2 Å². The third kappa shape index (κ3) is 4.97. The normalized spacial score (nSPS) is 10.9. The van der Waals surface area contributed by atoms with Gasteiger partial charge in [0.2, 0.25) is 0 Å². The highest BCUT2D eigenvalue weighted by atomic mass is 32.2. The number of ether oxygens (including phenoxy) is 3. The van der Waals surface area contributed by atoms with Crippen LogP contribution in [-0.2, 0) is 14.8 Å². The van der Waals surface area contributed by atoms with E-state index in [1.807, 2.05) is 4.72 Å². The first-order valence-electron chi connectivity index (χ1n) is 7.03. The van der Waals surface area contributed by atoms with Gasteiger partial charge in [-0.1, -0.05) is 30.3 Å². The Morgan fingerprint density at radius 1 is 1.00 bits per heavy atom. The maximum Gasteiger partial charge on any atom is 0.426 e. The molecule has 2 rings (SSSR count). The molecule has 0 aliphatic heterocycles. The number of carbonyl (C=O) groups is 1. The summed E-state index contributed by atoms with van der Waals surface area (Å²) >= 11 is 0. The van der Waals surface area contributed by atoms with Gasteiger partial charge in [0.25, 0.3) is 10.0 Å². The molecule has 2 aromatic rings. The number of benzene rings is 2. The van der Waals surface area contributed by atoms with Crippen molar-refractivity contribution in [1.29, 1.82) is 0 Å². The van der Waals surface area contributed by atoms with Gasteiger partial charge in [0, 0.05) is 7.11 Å². The summed E-state index contributed by atoms with van der Waals surface area (Å²) in [4.78, 5) is 11.6. The summed E-state index contributed by atoms with van der Waals surface area (Å²) in [6.45, 7) is 0.482. The van der Waals surface area contributed by atoms with Gasteiger partial charge < -0.3 is 14.2 Å². The standard InChI is InChI=1S/C16H17NO6S/c1-21-11-12-22-14-9-5-6-10-15(14)24(19,20)17-16(18)23-13-7-3-2-4-8-13/h2-10H,11-12H2,1H3,(H,17,18). The first-order valence-corrected chi connectivity index (χ1v) is 8.51. The number of carbonyl (C=O) groups excluding carboxylic acids is 1. The van der Waals surface area contributed by atoms with Gasteiger partial charge in [0.1, 0.15) is 23.0 Å². The quantitative estimate of drug-likeness (QED) is 0.769. The minimum Gasteiger partial charge on any atom is -0.490 e. The van der Waals surface area contributed by atoms with Gasteiger partial charge in [0.15, 0.2) is 0 Å². The lowest BCUT2D eigenvalue weighted by Gasteiger charge is -2.12. The summed E-state index contributed by atoms with van der Waals surface area (Å²) in [6, 6.07) is 14.1. The fourth-order valence-electron chi connectivity index (χ4n) is 1.81. The van der Waals surface area contributed by atoms with Crippen LogP contribution in [0, 0.1) is 0 Å². The second kappa shape index (κ2) is 8.32. The van der Waals surface area contributed by atoms with Crippen LogP contribution in [0.4, 0.5) is 4.79 Å². The second-order valence-corrected chi connectivity index (χ2v) is 6.25. The molecular weight excluding hydrogens is 334 g/mol. The predicted octanol–water partition coefficient (Wildman–Crippen LogP) is 2.19. The molecule has 128 valence electrons. The van der Waals surface area contributed by atoms with E-state index in [1.54, 1.807) is 24.3 Å². The maximum absolute atomic E-state index is 12.4. The molecule has 1 N–H and O–H groups in total. The minimum atomic E-state index is -4.14. The van der Waals surface area contributed by atoms with E-state index in [4.69, 9.17) is 14.2 Å². The fourth-order valence-corrected chi connectivity index (χ4v) is 2.83. The highest BCUT2D eigenvalue weighted by Crippen LogP contribution is 2.23. The zero-order chi connectivity index (χ0) is 17.4. The minimum absolute atomic E-state index is 0.120. The first-order chi connectivity index (χ1) is 11.5. The molecule has 0 atom stereocenters. The number of rotatable bonds is 7. The van der Waals surface area contributed by atoms with Gasteiger partial charge in [-0.3, -0.25) is 0 Å². The van der Waals surface area contributed by atoms with Crippen molar-refractivity contribution in [2.45, 2.75) is 4.90 Å². The molecule has 0 radical (unpaired) electrons. The Hall–Kier alpha value is -2.58. The van der Waals surface area contributed by atoms with Crippen molar-refractivity contribution in [2.75, 3.05) is 20.3 Å². The average Bonchev–Trinajstić information content (AvgIpc) is 2.56. The molecule has 1 amide bonds. The summed E-state index contributed by atoms with van der Waals surface area (Å²) in [5.74, 6) is 0.351. The lowest BCUT2D eigenvalue weighted by Crippen LogP contribution is -2.33. The molecule has 0 fully saturated rings. The van der Waals surface area contributed by atoms with E-state index in [0.717, 1.165) is 0 Å². The van der Waals surface area contributed by atoms with Crippen molar-refractivity contribution >= 4 is 16.1 Å². The van der Waals surface area contributed by atoms with E-state index in [0.29, 0.717) is 6.61 Å². The molecule has 0 aliphatic rings. The van der Waals surface area contributed by atoms with Crippen LogP contribution in [0.25, 0.3) is 0 Å². The fraction of sp³-hybridized carbons (Fsp3) is 0.188. The largest absolute Gasteiger partial charge is 0.490 e. The molecule has 24 heavy (non-hydrogen) atoms. The SMILES string of the molecule is COCCOc1ccccc1S(=O)(=O)NC(=O)Oc1ccccc1. The smallest absolute Gasteiger partial charge is 0.426 e. The van der Waals surface area contributed by atoms with Crippen molar-refractivity contribution in [3.63, 3.8) is 0 Å². The van der Waals surface area contributed by atoms with Gasteiger partial charge >= 0.3 is 6.09 Å². The zero-order valence-electron chi connectivity index (χ0n) is 13.0. The third-order valence-electron chi connectivity index (χ3n) is 2.86. The van der Waals surface area contributed by atoms with Crippen molar-refractivity contribution in [2.24, 2.45) is 0 Å². The van der Waals surface area contributed by atoms with Crippen molar-refractivity contribution in [3.8, 4) is 11.5 Å². The van der Waals surface area contributed by atoms with Crippen molar-refractivity contribution in [1.82, 2.24) is 4.72 Å². The number of sulfonamides is 1. The van der Waals surface area contributed by atoms with Gasteiger partial charge in [-0.2, -0.15) is 0 Å². The number of methoxy groups -OCH3 is 1. The molecule has 0 spiro atoms. The van der Waals surface area contributed by atoms with Crippen LogP contribution in [0.5, 0.6) is 11.5 Å². The van der Waals surface area contributed by atoms with E-state index >= 15 is 0 Å². The van der Waals surface area contributed by atoms with Crippen molar-refractivity contribution < 1.29 is 27.4 Å². The summed E-state index contributed by atoms with van der Waals surface area (Å²) in [6.07, 6.45) is -1.10. The highest BCUT2D eigenvalue weighted by Gasteiger charge is 2.23. The molecule has 0 saturated carbocycles. The molecule has 0 saturated heterocycles. The maximum atomic E-state index is 12.4. The number of amides is 1. The monoisotopic (exact) mass is 351 g/mol. The Morgan fingerprint density at radius 2 is 1.67 bits per heavy atom. The van der Waals surface area contributed by atoms with Gasteiger partial charge in [-0.25, -0.2) is 17.9 Å². The molecule has 0 aromatic heterocycles. The van der Waals surface area contributed by atoms with Gasteiger partial charge in [-0.15, -0.1) is 0 Å². The first kappa shape index (κ1) is 17.8.